The maximum absolute atomic E-state index is 11.4. The molecule has 1 fully saturated rings. The van der Waals surface area contributed by atoms with Crippen LogP contribution in [0.15, 0.2) is 5.51 Å². The fraction of sp³-hybridized carbons (Fsp3) is 0.636. The van der Waals surface area contributed by atoms with E-state index < -0.39 is 16.9 Å². The smallest absolute Gasteiger partial charge is 0.357 e. The van der Waals surface area contributed by atoms with Crippen LogP contribution in [0.2, 0.25) is 0 Å². The van der Waals surface area contributed by atoms with Crippen molar-refractivity contribution in [2.45, 2.75) is 32.1 Å². The van der Waals surface area contributed by atoms with Crippen molar-refractivity contribution in [1.82, 2.24) is 4.98 Å². The SMILES string of the molecule is O=C(O)c1ncsc1N(CC1CCCCC1)[SH](=O)=O. The molecular weight excluding hydrogens is 288 g/mol. The van der Waals surface area contributed by atoms with Crippen LogP contribution < -0.4 is 4.31 Å². The second-order valence-electron chi connectivity index (χ2n) is 4.64. The van der Waals surface area contributed by atoms with Crippen molar-refractivity contribution >= 4 is 33.2 Å². The number of hydrogen-bond acceptors (Lipinski definition) is 5. The van der Waals surface area contributed by atoms with E-state index in [1.807, 2.05) is 0 Å². The average molecular weight is 304 g/mol. The highest BCUT2D eigenvalue weighted by Gasteiger charge is 2.24. The van der Waals surface area contributed by atoms with Crippen LogP contribution in [0.25, 0.3) is 0 Å². The van der Waals surface area contributed by atoms with Gasteiger partial charge in [-0.1, -0.05) is 19.3 Å². The Balaban J connectivity index is 2.19. The van der Waals surface area contributed by atoms with E-state index in [4.69, 9.17) is 5.11 Å². The minimum Gasteiger partial charge on any atom is -0.476 e. The van der Waals surface area contributed by atoms with Crippen LogP contribution in [0, 0.1) is 5.92 Å². The van der Waals surface area contributed by atoms with Gasteiger partial charge in [0.1, 0.15) is 5.00 Å². The topological polar surface area (TPSA) is 87.6 Å². The second kappa shape index (κ2) is 6.33. The van der Waals surface area contributed by atoms with Crippen LogP contribution in [0.3, 0.4) is 0 Å². The number of carboxylic acids is 1. The molecule has 1 N–H and O–H groups in total. The first kappa shape index (κ1) is 14.3. The zero-order valence-corrected chi connectivity index (χ0v) is 12.0. The lowest BCUT2D eigenvalue weighted by molar-refractivity contribution is 0.0692. The van der Waals surface area contributed by atoms with Crippen LogP contribution in [0.5, 0.6) is 0 Å². The fourth-order valence-electron chi connectivity index (χ4n) is 2.41. The highest BCUT2D eigenvalue weighted by atomic mass is 32.2. The summed E-state index contributed by atoms with van der Waals surface area (Å²) in [5, 5.41) is 9.23. The number of aromatic nitrogens is 1. The van der Waals surface area contributed by atoms with E-state index in [-0.39, 0.29) is 10.7 Å². The van der Waals surface area contributed by atoms with Crippen molar-refractivity contribution in [3.63, 3.8) is 0 Å². The summed E-state index contributed by atoms with van der Waals surface area (Å²) in [4.78, 5) is 14.7. The van der Waals surface area contributed by atoms with Crippen molar-refractivity contribution < 1.29 is 18.3 Å². The Kier molecular flexibility index (Phi) is 4.76. The summed E-state index contributed by atoms with van der Waals surface area (Å²) in [6.07, 6.45) is 5.42. The monoisotopic (exact) mass is 304 g/mol. The Morgan fingerprint density at radius 2 is 2.11 bits per heavy atom. The van der Waals surface area contributed by atoms with Gasteiger partial charge in [0, 0.05) is 6.54 Å². The maximum Gasteiger partial charge on any atom is 0.357 e. The molecule has 0 aliphatic heterocycles. The first-order chi connectivity index (χ1) is 9.09. The standard InChI is InChI=1S/C11H16N2O4S2/c14-11(15)9-10(18-7-12-9)13(19(16)17)6-8-4-2-1-3-5-8/h7-8,19H,1-6H2,(H,14,15). The molecule has 0 spiro atoms. The number of nitrogens with zero attached hydrogens (tertiary/aromatic N) is 2. The van der Waals surface area contributed by atoms with Gasteiger partial charge in [-0.3, -0.25) is 4.31 Å². The Morgan fingerprint density at radius 1 is 1.42 bits per heavy atom. The molecule has 19 heavy (non-hydrogen) atoms. The van der Waals surface area contributed by atoms with E-state index in [9.17, 15) is 13.2 Å². The third kappa shape index (κ3) is 3.44. The molecule has 0 bridgehead atoms. The minimum atomic E-state index is -2.84. The molecule has 106 valence electrons. The van der Waals surface area contributed by atoms with Gasteiger partial charge in [0.15, 0.2) is 5.69 Å². The molecule has 0 saturated heterocycles. The molecule has 1 heterocycles. The lowest BCUT2D eigenvalue weighted by Crippen LogP contribution is -2.29. The van der Waals surface area contributed by atoms with Gasteiger partial charge in [-0.05, 0) is 18.8 Å². The fourth-order valence-corrected chi connectivity index (χ4v) is 4.06. The van der Waals surface area contributed by atoms with Gasteiger partial charge in [-0.2, -0.15) is 0 Å². The summed E-state index contributed by atoms with van der Waals surface area (Å²) in [6.45, 7) is 0.362. The number of thiazole rings is 1. The van der Waals surface area contributed by atoms with Crippen molar-refractivity contribution in [3.8, 4) is 0 Å². The molecule has 6 nitrogen and oxygen atoms in total. The van der Waals surface area contributed by atoms with Crippen molar-refractivity contribution in [2.75, 3.05) is 10.8 Å². The molecule has 0 unspecified atom stereocenters. The third-order valence-corrected chi connectivity index (χ3v) is 5.08. The Bertz CT molecular complexity index is 513. The van der Waals surface area contributed by atoms with Crippen LogP contribution in [-0.2, 0) is 10.9 Å². The number of anilines is 1. The van der Waals surface area contributed by atoms with Gasteiger partial charge in [0.05, 0.1) is 5.51 Å². The molecule has 1 aromatic heterocycles. The second-order valence-corrected chi connectivity index (χ2v) is 6.43. The molecule has 0 atom stereocenters. The van der Waals surface area contributed by atoms with Gasteiger partial charge in [-0.15, -0.1) is 11.3 Å². The molecule has 0 amide bonds. The Labute approximate surface area is 117 Å². The third-order valence-electron chi connectivity index (χ3n) is 3.34. The van der Waals surface area contributed by atoms with Crippen molar-refractivity contribution in [2.24, 2.45) is 5.92 Å². The lowest BCUT2D eigenvalue weighted by Gasteiger charge is -2.26. The summed E-state index contributed by atoms with van der Waals surface area (Å²) >= 11 is 1.05. The van der Waals surface area contributed by atoms with Crippen LogP contribution >= 0.6 is 11.3 Å². The highest BCUT2D eigenvalue weighted by molar-refractivity contribution is 7.74. The van der Waals surface area contributed by atoms with E-state index in [2.05, 4.69) is 4.98 Å². The van der Waals surface area contributed by atoms with E-state index in [0.29, 0.717) is 12.5 Å². The molecule has 0 radical (unpaired) electrons. The van der Waals surface area contributed by atoms with Crippen LogP contribution in [0.4, 0.5) is 5.00 Å². The van der Waals surface area contributed by atoms with Crippen molar-refractivity contribution in [1.29, 1.82) is 0 Å². The summed E-state index contributed by atoms with van der Waals surface area (Å²) in [5.41, 5.74) is 1.19. The lowest BCUT2D eigenvalue weighted by atomic mass is 9.89. The van der Waals surface area contributed by atoms with E-state index >= 15 is 0 Å². The largest absolute Gasteiger partial charge is 0.476 e. The molecular formula is C11H16N2O4S2. The zero-order chi connectivity index (χ0) is 13.8. The average Bonchev–Trinajstić information content (AvgIpc) is 2.86. The van der Waals surface area contributed by atoms with Crippen LogP contribution in [-0.4, -0.2) is 31.0 Å². The Morgan fingerprint density at radius 3 is 2.68 bits per heavy atom. The zero-order valence-electron chi connectivity index (χ0n) is 10.3. The van der Waals surface area contributed by atoms with Gasteiger partial charge >= 0.3 is 5.97 Å². The molecule has 1 aromatic rings. The van der Waals surface area contributed by atoms with E-state index in [1.54, 1.807) is 0 Å². The van der Waals surface area contributed by atoms with Crippen LogP contribution in [0.1, 0.15) is 42.6 Å². The van der Waals surface area contributed by atoms with Gasteiger partial charge in [0.25, 0.3) is 0 Å². The number of hydrogen-bond donors (Lipinski definition) is 2. The predicted molar refractivity (Wildman–Crippen MR) is 73.3 cm³/mol. The maximum atomic E-state index is 11.4. The number of rotatable bonds is 5. The number of thiol groups is 1. The summed E-state index contributed by atoms with van der Waals surface area (Å²) in [5.74, 6) is -0.882. The normalized spacial score (nSPS) is 16.7. The minimum absolute atomic E-state index is 0.181. The number of carbonyl (C=O) groups is 1. The van der Waals surface area contributed by atoms with Crippen molar-refractivity contribution in [3.05, 3.63) is 11.2 Å². The van der Waals surface area contributed by atoms with Gasteiger partial charge in [-0.25, -0.2) is 18.2 Å². The van der Waals surface area contributed by atoms with Gasteiger partial charge in [0.2, 0.25) is 10.9 Å². The molecule has 1 aliphatic rings. The Hall–Kier alpha value is -1.15. The molecule has 1 aliphatic carbocycles. The molecule has 0 aromatic carbocycles. The first-order valence-corrected chi connectivity index (χ1v) is 8.19. The number of aromatic carboxylic acids is 1. The predicted octanol–water partition coefficient (Wildman–Crippen LogP) is 1.75. The molecule has 1 saturated carbocycles. The van der Waals surface area contributed by atoms with Gasteiger partial charge < -0.3 is 5.11 Å². The summed E-state index contributed by atoms with van der Waals surface area (Å²) in [7, 11) is -2.84. The van der Waals surface area contributed by atoms with E-state index in [0.717, 1.165) is 37.0 Å². The molecule has 2 rings (SSSR count). The van der Waals surface area contributed by atoms with E-state index in [1.165, 1.54) is 16.2 Å². The highest BCUT2D eigenvalue weighted by Crippen LogP contribution is 2.30. The summed E-state index contributed by atoms with van der Waals surface area (Å²) in [6, 6.07) is 0. The first-order valence-electron chi connectivity index (χ1n) is 6.18. The summed E-state index contributed by atoms with van der Waals surface area (Å²) < 4.78 is 24.0. The molecule has 8 heteroatoms. The quantitative estimate of drug-likeness (QED) is 0.809. The number of carboxylic acid groups (broad SMARTS) is 1.